The van der Waals surface area contributed by atoms with Crippen LogP contribution < -0.4 is 9.64 Å². The van der Waals surface area contributed by atoms with Gasteiger partial charge < -0.3 is 9.47 Å². The fraction of sp³-hybridized carbons (Fsp3) is 0.310. The Bertz CT molecular complexity index is 1380. The monoisotopic (exact) mass is 529 g/mol. The fourth-order valence-corrected chi connectivity index (χ4v) is 5.25. The van der Waals surface area contributed by atoms with Crippen LogP contribution in [-0.2, 0) is 19.1 Å². The second-order valence-electron chi connectivity index (χ2n) is 9.55. The summed E-state index contributed by atoms with van der Waals surface area (Å²) in [6.07, 6.45) is 6.64. The van der Waals surface area contributed by atoms with Gasteiger partial charge in [0.1, 0.15) is 11.8 Å². The third-order valence-electron chi connectivity index (χ3n) is 7.05. The molecule has 4 unspecified atom stereocenters. The standard InChI is InChI=1S/C29H27N3O7/c1-3-4-16-38-29(37)19-7-11-20(12-8-19)31-27(35)23-22-6-5-15-30-32(22)25(24(23)28(31)36)26(34)18-9-13-21(14-10-18)39-17(2)33/h5-15,22-25H,3-4,16H2,1-2H3. The molecule has 39 heavy (non-hydrogen) atoms. The molecular weight excluding hydrogens is 502 g/mol. The van der Waals surface area contributed by atoms with Gasteiger partial charge in [0.15, 0.2) is 5.78 Å². The molecule has 2 aromatic rings. The lowest BCUT2D eigenvalue weighted by Gasteiger charge is -2.30. The summed E-state index contributed by atoms with van der Waals surface area (Å²) in [5.74, 6) is -3.74. The van der Waals surface area contributed by atoms with Crippen molar-refractivity contribution in [2.45, 2.75) is 38.8 Å². The lowest BCUT2D eigenvalue weighted by Crippen LogP contribution is -2.46. The van der Waals surface area contributed by atoms with E-state index >= 15 is 0 Å². The third-order valence-corrected chi connectivity index (χ3v) is 7.05. The molecule has 2 saturated heterocycles. The van der Waals surface area contributed by atoms with Gasteiger partial charge in [0.05, 0.1) is 35.7 Å². The Morgan fingerprint density at radius 2 is 1.59 bits per heavy atom. The number of hydrazone groups is 1. The van der Waals surface area contributed by atoms with Gasteiger partial charge in [0.25, 0.3) is 0 Å². The number of rotatable bonds is 8. The first-order valence-corrected chi connectivity index (χ1v) is 12.8. The molecule has 5 rings (SSSR count). The summed E-state index contributed by atoms with van der Waals surface area (Å²) in [5, 5.41) is 5.87. The van der Waals surface area contributed by atoms with Gasteiger partial charge >= 0.3 is 11.9 Å². The van der Waals surface area contributed by atoms with Gasteiger partial charge in [-0.05, 0) is 61.0 Å². The maximum atomic E-state index is 13.8. The molecule has 10 heteroatoms. The van der Waals surface area contributed by atoms with Crippen molar-refractivity contribution in [1.29, 1.82) is 0 Å². The third kappa shape index (κ3) is 4.73. The quantitative estimate of drug-likeness (QED) is 0.168. The van der Waals surface area contributed by atoms with Crippen LogP contribution in [0.1, 0.15) is 47.4 Å². The molecule has 3 aliphatic heterocycles. The Morgan fingerprint density at radius 1 is 0.923 bits per heavy atom. The summed E-state index contributed by atoms with van der Waals surface area (Å²) in [6, 6.07) is 10.6. The summed E-state index contributed by atoms with van der Waals surface area (Å²) >= 11 is 0. The molecular formula is C29H27N3O7. The number of ketones is 1. The molecule has 2 fully saturated rings. The summed E-state index contributed by atoms with van der Waals surface area (Å²) in [6.45, 7) is 3.59. The molecule has 4 atom stereocenters. The first-order chi connectivity index (χ1) is 18.8. The maximum Gasteiger partial charge on any atom is 0.338 e. The molecule has 0 aliphatic carbocycles. The van der Waals surface area contributed by atoms with E-state index in [2.05, 4.69) is 5.10 Å². The molecule has 0 spiro atoms. The lowest BCUT2D eigenvalue weighted by molar-refractivity contribution is -0.132. The molecule has 0 aromatic heterocycles. The number of hydrogen-bond donors (Lipinski definition) is 0. The van der Waals surface area contributed by atoms with Crippen molar-refractivity contribution in [3.05, 3.63) is 71.8 Å². The largest absolute Gasteiger partial charge is 0.462 e. The van der Waals surface area contributed by atoms with Gasteiger partial charge in [0, 0.05) is 18.7 Å². The second-order valence-corrected chi connectivity index (χ2v) is 9.55. The Balaban J connectivity index is 1.41. The summed E-state index contributed by atoms with van der Waals surface area (Å²) in [4.78, 5) is 65.7. The number of carbonyl (C=O) groups is 5. The van der Waals surface area contributed by atoms with Gasteiger partial charge in [-0.25, -0.2) is 9.69 Å². The Morgan fingerprint density at radius 3 is 2.26 bits per heavy atom. The van der Waals surface area contributed by atoms with Crippen LogP contribution in [0.15, 0.2) is 65.8 Å². The minimum atomic E-state index is -1.00. The number of amides is 2. The highest BCUT2D eigenvalue weighted by Gasteiger charge is 2.64. The van der Waals surface area contributed by atoms with Crippen molar-refractivity contribution in [3.8, 4) is 5.75 Å². The van der Waals surface area contributed by atoms with Crippen molar-refractivity contribution >= 4 is 41.4 Å². The van der Waals surface area contributed by atoms with Crippen LogP contribution in [0.3, 0.4) is 0 Å². The van der Waals surface area contributed by atoms with Crippen molar-refractivity contribution in [2.75, 3.05) is 11.5 Å². The molecule has 0 radical (unpaired) electrons. The van der Waals surface area contributed by atoms with Crippen molar-refractivity contribution in [3.63, 3.8) is 0 Å². The Hall–Kier alpha value is -4.60. The highest BCUT2D eigenvalue weighted by atomic mass is 16.5. The highest BCUT2D eigenvalue weighted by Crippen LogP contribution is 2.46. The molecule has 0 bridgehead atoms. The summed E-state index contributed by atoms with van der Waals surface area (Å²) < 4.78 is 10.3. The number of esters is 2. The van der Waals surface area contributed by atoms with E-state index in [0.29, 0.717) is 23.4 Å². The van der Waals surface area contributed by atoms with Crippen LogP contribution in [0.4, 0.5) is 5.69 Å². The number of nitrogens with zero attached hydrogens (tertiary/aromatic N) is 3. The van der Waals surface area contributed by atoms with Gasteiger partial charge in [-0.1, -0.05) is 19.4 Å². The van der Waals surface area contributed by atoms with Crippen LogP contribution in [-0.4, -0.2) is 59.5 Å². The van der Waals surface area contributed by atoms with Gasteiger partial charge in [-0.15, -0.1) is 0 Å². The number of Topliss-reactive ketones (excluding diaryl/α,β-unsaturated/α-hetero) is 1. The normalized spacial score (nSPS) is 23.0. The van der Waals surface area contributed by atoms with Crippen molar-refractivity contribution in [1.82, 2.24) is 5.01 Å². The zero-order chi connectivity index (χ0) is 27.7. The number of fused-ring (bicyclic) bond motifs is 3. The van der Waals surface area contributed by atoms with E-state index in [1.165, 1.54) is 66.7 Å². The predicted molar refractivity (Wildman–Crippen MR) is 140 cm³/mol. The number of benzene rings is 2. The van der Waals surface area contributed by atoms with Crippen LogP contribution >= 0.6 is 0 Å². The maximum absolute atomic E-state index is 13.8. The second kappa shape index (κ2) is 10.6. The smallest absolute Gasteiger partial charge is 0.338 e. The summed E-state index contributed by atoms with van der Waals surface area (Å²) in [7, 11) is 0. The topological polar surface area (TPSA) is 123 Å². The SMILES string of the molecule is CCCCOC(=O)c1ccc(N2C(=O)C3C(C2=O)C(C(=O)c2ccc(OC(C)=O)cc2)N2N=CC=CC32)cc1. The zero-order valence-corrected chi connectivity index (χ0v) is 21.5. The van der Waals surface area contributed by atoms with Gasteiger partial charge in [0.2, 0.25) is 11.8 Å². The van der Waals surface area contributed by atoms with E-state index in [9.17, 15) is 24.0 Å². The molecule has 3 aliphatic rings. The Labute approximate surface area is 224 Å². The Kier molecular flexibility index (Phi) is 7.10. The first kappa shape index (κ1) is 26.0. The molecule has 10 nitrogen and oxygen atoms in total. The van der Waals surface area contributed by atoms with E-state index in [4.69, 9.17) is 9.47 Å². The number of carbonyl (C=O) groups excluding carboxylic acids is 5. The van der Waals surface area contributed by atoms with E-state index in [0.717, 1.165) is 17.7 Å². The zero-order valence-electron chi connectivity index (χ0n) is 21.5. The van der Waals surface area contributed by atoms with E-state index in [1.807, 2.05) is 6.92 Å². The van der Waals surface area contributed by atoms with Crippen LogP contribution in [0.2, 0.25) is 0 Å². The first-order valence-electron chi connectivity index (χ1n) is 12.8. The molecule has 0 N–H and O–H groups in total. The van der Waals surface area contributed by atoms with Crippen LogP contribution in [0, 0.1) is 11.8 Å². The number of allylic oxidation sites excluding steroid dienone is 1. The van der Waals surface area contributed by atoms with Crippen molar-refractivity contribution < 1.29 is 33.4 Å². The lowest BCUT2D eigenvalue weighted by atomic mass is 9.86. The predicted octanol–water partition coefficient (Wildman–Crippen LogP) is 3.17. The average Bonchev–Trinajstić information content (AvgIpc) is 3.41. The van der Waals surface area contributed by atoms with Gasteiger partial charge in [-0.2, -0.15) is 5.10 Å². The number of unbranched alkanes of at least 4 members (excludes halogenated alkanes) is 1. The highest BCUT2D eigenvalue weighted by molar-refractivity contribution is 6.24. The molecule has 0 saturated carbocycles. The van der Waals surface area contributed by atoms with E-state index in [-0.39, 0.29) is 11.5 Å². The van der Waals surface area contributed by atoms with E-state index in [1.54, 1.807) is 12.2 Å². The number of hydrogen-bond acceptors (Lipinski definition) is 9. The minimum Gasteiger partial charge on any atom is -0.462 e. The van der Waals surface area contributed by atoms with Crippen LogP contribution in [0.25, 0.3) is 0 Å². The molecule has 3 heterocycles. The van der Waals surface area contributed by atoms with Crippen molar-refractivity contribution in [2.24, 2.45) is 16.9 Å². The molecule has 2 aromatic carbocycles. The summed E-state index contributed by atoms with van der Waals surface area (Å²) in [5.41, 5.74) is 0.927. The number of anilines is 1. The number of ether oxygens (including phenoxy) is 2. The minimum absolute atomic E-state index is 0.288. The van der Waals surface area contributed by atoms with Gasteiger partial charge in [-0.3, -0.25) is 24.2 Å². The molecule has 2 amide bonds. The average molecular weight is 530 g/mol. The molecule has 200 valence electrons. The fourth-order valence-electron chi connectivity index (χ4n) is 5.25. The number of imide groups is 1. The van der Waals surface area contributed by atoms with Crippen LogP contribution in [0.5, 0.6) is 5.75 Å². The van der Waals surface area contributed by atoms with E-state index < -0.39 is 47.7 Å².